The average molecular weight is 324 g/mol. The van der Waals surface area contributed by atoms with Gasteiger partial charge in [-0.25, -0.2) is 17.2 Å². The Hall–Kier alpha value is -1.18. The number of sulfonamides is 1. The summed E-state index contributed by atoms with van der Waals surface area (Å²) in [6.45, 7) is 0. The summed E-state index contributed by atoms with van der Waals surface area (Å²) < 4.78 is 51.5. The molecule has 0 radical (unpaired) electrons. The molecule has 0 unspecified atom stereocenters. The first kappa shape index (κ1) is 14.2. The van der Waals surface area contributed by atoms with E-state index in [1.165, 1.54) is 30.3 Å². The summed E-state index contributed by atoms with van der Waals surface area (Å²) in [7, 11) is -3.80. The molecule has 0 aliphatic carbocycles. The maximum absolute atomic E-state index is 12.5. The van der Waals surface area contributed by atoms with Gasteiger partial charge >= 0.3 is 0 Å². The molecule has 0 saturated heterocycles. The quantitative estimate of drug-likeness (QED) is 0.919. The minimum Gasteiger partial charge on any atom is -0.279 e. The van der Waals surface area contributed by atoms with Crippen LogP contribution >= 0.6 is 22.9 Å². The molecular weight excluding hydrogens is 316 g/mol. The van der Waals surface area contributed by atoms with E-state index >= 15 is 0 Å². The Balaban J connectivity index is 2.28. The van der Waals surface area contributed by atoms with Crippen LogP contribution in [0.1, 0.15) is 12.0 Å². The molecule has 2 rings (SSSR count). The largest absolute Gasteiger partial charge is 0.279 e. The molecule has 3 nitrogen and oxygen atoms in total. The van der Waals surface area contributed by atoms with E-state index in [0.29, 0.717) is 4.34 Å². The number of alkyl halides is 2. The molecule has 0 aliphatic rings. The smallest absolute Gasteiger partial charge is 0.271 e. The third-order valence-corrected chi connectivity index (χ3v) is 5.31. The second-order valence-electron chi connectivity index (χ2n) is 3.59. The van der Waals surface area contributed by atoms with Crippen molar-refractivity contribution < 1.29 is 17.2 Å². The lowest BCUT2D eigenvalue weighted by atomic mass is 10.2. The predicted molar refractivity (Wildman–Crippen MR) is 71.5 cm³/mol. The van der Waals surface area contributed by atoms with Crippen LogP contribution in [0.3, 0.4) is 0 Å². The van der Waals surface area contributed by atoms with E-state index in [0.717, 1.165) is 17.4 Å². The lowest BCUT2D eigenvalue weighted by molar-refractivity contribution is 0.151. The van der Waals surface area contributed by atoms with Crippen molar-refractivity contribution in [3.05, 3.63) is 46.3 Å². The van der Waals surface area contributed by atoms with Gasteiger partial charge in [0.1, 0.15) is 4.21 Å². The Morgan fingerprint density at radius 1 is 1.21 bits per heavy atom. The lowest BCUT2D eigenvalue weighted by Crippen LogP contribution is -2.11. The number of benzene rings is 1. The third kappa shape index (κ3) is 3.43. The molecule has 0 saturated carbocycles. The van der Waals surface area contributed by atoms with Crippen LogP contribution in [0, 0.1) is 0 Å². The zero-order valence-corrected chi connectivity index (χ0v) is 11.7. The maximum atomic E-state index is 12.5. The number of hydrogen-bond donors (Lipinski definition) is 1. The zero-order valence-electron chi connectivity index (χ0n) is 9.31. The fraction of sp³-hybridized carbons (Fsp3) is 0.0909. The Kier molecular flexibility index (Phi) is 4.07. The molecule has 1 heterocycles. The molecular formula is C11H8ClF2NO2S2. The van der Waals surface area contributed by atoms with Gasteiger partial charge in [0, 0.05) is 11.3 Å². The Labute approximate surface area is 117 Å². The summed E-state index contributed by atoms with van der Waals surface area (Å²) in [5, 5.41) is 0. The van der Waals surface area contributed by atoms with Crippen LogP contribution in [-0.2, 0) is 10.0 Å². The molecule has 19 heavy (non-hydrogen) atoms. The van der Waals surface area contributed by atoms with Crippen molar-refractivity contribution in [1.29, 1.82) is 0 Å². The number of hydrogen-bond acceptors (Lipinski definition) is 3. The Morgan fingerprint density at radius 3 is 2.53 bits per heavy atom. The van der Waals surface area contributed by atoms with Crippen molar-refractivity contribution in [2.45, 2.75) is 10.6 Å². The third-order valence-electron chi connectivity index (χ3n) is 2.20. The molecule has 102 valence electrons. The summed E-state index contributed by atoms with van der Waals surface area (Å²) in [4.78, 5) is 0. The molecule has 0 spiro atoms. The molecule has 0 aliphatic heterocycles. The second kappa shape index (κ2) is 5.44. The molecule has 0 fully saturated rings. The molecule has 1 N–H and O–H groups in total. The fourth-order valence-electron chi connectivity index (χ4n) is 1.39. The molecule has 2 aromatic rings. The van der Waals surface area contributed by atoms with Gasteiger partial charge in [0.15, 0.2) is 0 Å². The van der Waals surface area contributed by atoms with Crippen molar-refractivity contribution in [3.8, 4) is 0 Å². The van der Waals surface area contributed by atoms with E-state index in [4.69, 9.17) is 11.6 Å². The number of halogens is 3. The molecule has 1 aromatic heterocycles. The Bertz CT molecular complexity index is 686. The highest BCUT2D eigenvalue weighted by molar-refractivity contribution is 7.94. The van der Waals surface area contributed by atoms with E-state index in [2.05, 4.69) is 4.72 Å². The van der Waals surface area contributed by atoms with Gasteiger partial charge in [-0.3, -0.25) is 4.72 Å². The van der Waals surface area contributed by atoms with Crippen molar-refractivity contribution in [2.75, 3.05) is 4.72 Å². The van der Waals surface area contributed by atoms with Crippen LogP contribution in [0.2, 0.25) is 4.34 Å². The monoisotopic (exact) mass is 323 g/mol. The van der Waals surface area contributed by atoms with Crippen LogP contribution in [-0.4, -0.2) is 8.42 Å². The summed E-state index contributed by atoms with van der Waals surface area (Å²) in [6, 6.07) is 7.89. The summed E-state index contributed by atoms with van der Waals surface area (Å²) in [5.41, 5.74) is -0.160. The number of thiophene rings is 1. The van der Waals surface area contributed by atoms with Gasteiger partial charge < -0.3 is 0 Å². The fourth-order valence-corrected chi connectivity index (χ4v) is 3.92. The maximum Gasteiger partial charge on any atom is 0.271 e. The first-order chi connectivity index (χ1) is 8.88. The SMILES string of the molecule is O=S(=O)(Nc1cccc(C(F)F)c1)c1ccc(Cl)s1. The van der Waals surface area contributed by atoms with E-state index in [1.807, 2.05) is 0 Å². The minimum absolute atomic E-state index is 0.0277. The minimum atomic E-state index is -3.80. The molecule has 0 atom stereocenters. The Morgan fingerprint density at radius 2 is 1.95 bits per heavy atom. The van der Waals surface area contributed by atoms with Crippen molar-refractivity contribution in [3.63, 3.8) is 0 Å². The average Bonchev–Trinajstić information content (AvgIpc) is 2.76. The van der Waals surface area contributed by atoms with E-state index in [9.17, 15) is 17.2 Å². The highest BCUT2D eigenvalue weighted by Gasteiger charge is 2.17. The number of anilines is 1. The van der Waals surface area contributed by atoms with Gasteiger partial charge in [0.2, 0.25) is 0 Å². The summed E-state index contributed by atoms with van der Waals surface area (Å²) in [6.07, 6.45) is -2.65. The van der Waals surface area contributed by atoms with E-state index in [-0.39, 0.29) is 15.5 Å². The van der Waals surface area contributed by atoms with E-state index < -0.39 is 16.4 Å². The van der Waals surface area contributed by atoms with Gasteiger partial charge in [0.05, 0.1) is 4.34 Å². The van der Waals surface area contributed by atoms with Gasteiger partial charge in [-0.1, -0.05) is 23.7 Å². The van der Waals surface area contributed by atoms with Gasteiger partial charge in [-0.05, 0) is 24.3 Å². The standard InChI is InChI=1S/C11H8ClF2NO2S2/c12-9-4-5-10(18-9)19(16,17)15-8-3-1-2-7(6-8)11(13)14/h1-6,11,15H. The van der Waals surface area contributed by atoms with Gasteiger partial charge in [-0.2, -0.15) is 0 Å². The molecule has 0 amide bonds. The molecule has 0 bridgehead atoms. The first-order valence-electron chi connectivity index (χ1n) is 5.05. The molecule has 8 heteroatoms. The highest BCUT2D eigenvalue weighted by atomic mass is 35.5. The first-order valence-corrected chi connectivity index (χ1v) is 7.72. The number of rotatable bonds is 4. The van der Waals surface area contributed by atoms with Gasteiger partial charge in [-0.15, -0.1) is 11.3 Å². The van der Waals surface area contributed by atoms with Crippen LogP contribution < -0.4 is 4.72 Å². The predicted octanol–water partition coefficient (Wildman–Crippen LogP) is 4.14. The second-order valence-corrected chi connectivity index (χ2v) is 7.21. The van der Waals surface area contributed by atoms with Crippen LogP contribution in [0.25, 0.3) is 0 Å². The van der Waals surface area contributed by atoms with Crippen LogP contribution in [0.15, 0.2) is 40.6 Å². The zero-order chi connectivity index (χ0) is 14.0. The van der Waals surface area contributed by atoms with Crippen molar-refractivity contribution in [2.24, 2.45) is 0 Å². The summed E-state index contributed by atoms with van der Waals surface area (Å²) >= 11 is 6.55. The van der Waals surface area contributed by atoms with Gasteiger partial charge in [0.25, 0.3) is 16.4 Å². The highest BCUT2D eigenvalue weighted by Crippen LogP contribution is 2.28. The topological polar surface area (TPSA) is 46.2 Å². The van der Waals surface area contributed by atoms with E-state index in [1.54, 1.807) is 0 Å². The van der Waals surface area contributed by atoms with Crippen LogP contribution in [0.5, 0.6) is 0 Å². The molecule has 1 aromatic carbocycles. The van der Waals surface area contributed by atoms with Crippen molar-refractivity contribution >= 4 is 38.6 Å². The number of nitrogens with one attached hydrogen (secondary N) is 1. The normalized spacial score (nSPS) is 11.8. The lowest BCUT2D eigenvalue weighted by Gasteiger charge is -2.07. The van der Waals surface area contributed by atoms with Crippen LogP contribution in [0.4, 0.5) is 14.5 Å². The van der Waals surface area contributed by atoms with Crippen molar-refractivity contribution in [1.82, 2.24) is 0 Å². The summed E-state index contributed by atoms with van der Waals surface area (Å²) in [5.74, 6) is 0.